The van der Waals surface area contributed by atoms with E-state index < -0.39 is 11.6 Å². The van der Waals surface area contributed by atoms with Crippen molar-refractivity contribution in [1.82, 2.24) is 4.90 Å². The Morgan fingerprint density at radius 1 is 0.943 bits per heavy atom. The number of urea groups is 1. The van der Waals surface area contributed by atoms with Gasteiger partial charge < -0.3 is 5.32 Å². The maximum Gasteiger partial charge on any atom is 0.332 e. The average Bonchev–Trinajstić information content (AvgIpc) is 3.00. The summed E-state index contributed by atoms with van der Waals surface area (Å²) in [4.78, 5) is 43.6. The summed E-state index contributed by atoms with van der Waals surface area (Å²) in [6.07, 6.45) is 4.08. The van der Waals surface area contributed by atoms with Crippen molar-refractivity contribution in [1.29, 1.82) is 0 Å². The molecule has 1 saturated carbocycles. The van der Waals surface area contributed by atoms with Crippen molar-refractivity contribution in [2.45, 2.75) is 84.1 Å². The molecule has 0 aromatic heterocycles. The average molecular weight is 476 g/mol. The monoisotopic (exact) mass is 475 g/mol. The summed E-state index contributed by atoms with van der Waals surface area (Å²) < 4.78 is 0. The molecular weight excluding hydrogens is 438 g/mol. The molecule has 2 aromatic carbocycles. The number of anilines is 2. The number of nitrogens with zero attached hydrogens (tertiary/aromatic N) is 2. The quantitative estimate of drug-likeness (QED) is 0.495. The molecule has 35 heavy (non-hydrogen) atoms. The molecule has 1 heterocycles. The van der Waals surface area contributed by atoms with Gasteiger partial charge in [-0.05, 0) is 60.4 Å². The van der Waals surface area contributed by atoms with Crippen LogP contribution in [-0.2, 0) is 9.59 Å². The van der Waals surface area contributed by atoms with Gasteiger partial charge in [0.2, 0.25) is 5.91 Å². The Balaban J connectivity index is 1.65. The zero-order valence-electron chi connectivity index (χ0n) is 21.6. The van der Waals surface area contributed by atoms with Crippen LogP contribution >= 0.6 is 0 Å². The fraction of sp³-hybridized carbons (Fsp3) is 0.483. The topological polar surface area (TPSA) is 69.7 Å². The molecule has 1 aliphatic carbocycles. The standard InChI is InChI=1S/C29H37N3O3/c1-19(2)23-13-10-14-24(20(3)4)26(23)30-25(33)18-31-27(34)29(15-7-6-8-16-29)32(28(31)35)22-12-9-11-21(5)17-22/h9-14,17,19-20H,6-8,15-16,18H2,1-5H3,(H,30,33). The summed E-state index contributed by atoms with van der Waals surface area (Å²) in [6.45, 7) is 10.1. The van der Waals surface area contributed by atoms with Crippen LogP contribution in [0.3, 0.4) is 0 Å². The van der Waals surface area contributed by atoms with Gasteiger partial charge >= 0.3 is 6.03 Å². The van der Waals surface area contributed by atoms with Crippen molar-refractivity contribution in [2.75, 3.05) is 16.8 Å². The maximum absolute atomic E-state index is 13.8. The van der Waals surface area contributed by atoms with Crippen molar-refractivity contribution in [3.63, 3.8) is 0 Å². The van der Waals surface area contributed by atoms with Crippen LogP contribution in [0.4, 0.5) is 16.2 Å². The molecule has 4 rings (SSSR count). The number of rotatable bonds is 6. The van der Waals surface area contributed by atoms with E-state index in [1.54, 1.807) is 4.90 Å². The van der Waals surface area contributed by atoms with Crippen LogP contribution in [-0.4, -0.2) is 34.8 Å². The smallest absolute Gasteiger partial charge is 0.324 e. The zero-order valence-corrected chi connectivity index (χ0v) is 21.6. The molecule has 1 saturated heterocycles. The molecule has 0 radical (unpaired) electrons. The molecule has 0 atom stereocenters. The number of carbonyl (C=O) groups excluding carboxylic acids is 3. The number of hydrogen-bond acceptors (Lipinski definition) is 3. The van der Waals surface area contributed by atoms with Gasteiger partial charge in [0.05, 0.1) is 0 Å². The van der Waals surface area contributed by atoms with Gasteiger partial charge in [0, 0.05) is 11.4 Å². The Kier molecular flexibility index (Phi) is 7.02. The van der Waals surface area contributed by atoms with Gasteiger partial charge in [0.1, 0.15) is 12.1 Å². The van der Waals surface area contributed by atoms with Crippen molar-refractivity contribution in [3.05, 3.63) is 59.2 Å². The first kappa shape index (κ1) is 25.0. The minimum Gasteiger partial charge on any atom is -0.324 e. The SMILES string of the molecule is Cc1cccc(N2C(=O)N(CC(=O)Nc3c(C(C)C)cccc3C(C)C)C(=O)C23CCCCC3)c1. The molecule has 6 heteroatoms. The molecule has 186 valence electrons. The molecule has 4 amide bonds. The largest absolute Gasteiger partial charge is 0.332 e. The predicted octanol–water partition coefficient (Wildman–Crippen LogP) is 6.35. The van der Waals surface area contributed by atoms with Crippen LogP contribution in [0.2, 0.25) is 0 Å². The summed E-state index contributed by atoms with van der Waals surface area (Å²) in [5.41, 5.74) is 3.74. The van der Waals surface area contributed by atoms with Gasteiger partial charge in [-0.3, -0.25) is 19.4 Å². The van der Waals surface area contributed by atoms with Crippen molar-refractivity contribution < 1.29 is 14.4 Å². The molecule has 2 aliphatic rings. The van der Waals surface area contributed by atoms with Crippen LogP contribution < -0.4 is 10.2 Å². The predicted molar refractivity (Wildman–Crippen MR) is 140 cm³/mol. The summed E-state index contributed by atoms with van der Waals surface area (Å²) in [5.74, 6) is -0.151. The molecule has 2 aromatic rings. The molecule has 6 nitrogen and oxygen atoms in total. The highest BCUT2D eigenvalue weighted by atomic mass is 16.2. The van der Waals surface area contributed by atoms with Gasteiger partial charge in [-0.15, -0.1) is 0 Å². The number of carbonyl (C=O) groups is 3. The van der Waals surface area contributed by atoms with Crippen LogP contribution in [0.1, 0.15) is 88.3 Å². The highest BCUT2D eigenvalue weighted by molar-refractivity contribution is 6.18. The Hall–Kier alpha value is -3.15. The normalized spacial score (nSPS) is 17.7. The van der Waals surface area contributed by atoms with E-state index in [9.17, 15) is 14.4 Å². The van der Waals surface area contributed by atoms with Crippen molar-refractivity contribution in [3.8, 4) is 0 Å². The first-order chi connectivity index (χ1) is 16.7. The molecule has 1 N–H and O–H groups in total. The van der Waals surface area contributed by atoms with Gasteiger partial charge in [0.15, 0.2) is 0 Å². The van der Waals surface area contributed by atoms with E-state index in [1.807, 2.05) is 49.4 Å². The number of amides is 4. The summed E-state index contributed by atoms with van der Waals surface area (Å²) in [6, 6.07) is 13.4. The summed E-state index contributed by atoms with van der Waals surface area (Å²) in [7, 11) is 0. The van der Waals surface area contributed by atoms with Crippen LogP contribution in [0.25, 0.3) is 0 Å². The van der Waals surface area contributed by atoms with E-state index in [1.165, 1.54) is 0 Å². The molecular formula is C29H37N3O3. The minimum absolute atomic E-state index is 0.223. The minimum atomic E-state index is -0.900. The molecule has 1 spiro atoms. The van der Waals surface area contributed by atoms with Crippen molar-refractivity contribution in [2.24, 2.45) is 0 Å². The lowest BCUT2D eigenvalue weighted by atomic mass is 9.80. The maximum atomic E-state index is 13.8. The summed E-state index contributed by atoms with van der Waals surface area (Å²) >= 11 is 0. The second-order valence-electron chi connectivity index (χ2n) is 10.6. The first-order valence-corrected chi connectivity index (χ1v) is 12.8. The van der Waals surface area contributed by atoms with Crippen LogP contribution in [0.15, 0.2) is 42.5 Å². The fourth-order valence-electron chi connectivity index (χ4n) is 5.59. The Morgan fingerprint density at radius 3 is 2.11 bits per heavy atom. The lowest BCUT2D eigenvalue weighted by Crippen LogP contribution is -2.51. The highest BCUT2D eigenvalue weighted by Gasteiger charge is 2.58. The van der Waals surface area contributed by atoms with Crippen LogP contribution in [0.5, 0.6) is 0 Å². The van der Waals surface area contributed by atoms with Gasteiger partial charge in [-0.1, -0.05) is 77.3 Å². The number of hydrogen-bond donors (Lipinski definition) is 1. The third-order valence-corrected chi connectivity index (χ3v) is 7.37. The van der Waals surface area contributed by atoms with E-state index in [0.717, 1.165) is 52.2 Å². The Labute approximate surface area is 208 Å². The Morgan fingerprint density at radius 2 is 1.54 bits per heavy atom. The molecule has 1 aliphatic heterocycles. The number of aryl methyl sites for hydroxylation is 1. The van der Waals surface area contributed by atoms with E-state index in [-0.39, 0.29) is 30.2 Å². The lowest BCUT2D eigenvalue weighted by molar-refractivity contribution is -0.134. The number of para-hydroxylation sites is 1. The van der Waals surface area contributed by atoms with E-state index in [4.69, 9.17) is 0 Å². The fourth-order valence-corrected chi connectivity index (χ4v) is 5.59. The third-order valence-electron chi connectivity index (χ3n) is 7.37. The van der Waals surface area contributed by atoms with Gasteiger partial charge in [-0.2, -0.15) is 0 Å². The van der Waals surface area contributed by atoms with E-state index in [2.05, 4.69) is 33.0 Å². The lowest BCUT2D eigenvalue weighted by Gasteiger charge is -2.38. The van der Waals surface area contributed by atoms with Gasteiger partial charge in [0.25, 0.3) is 5.91 Å². The zero-order chi connectivity index (χ0) is 25.3. The summed E-state index contributed by atoms with van der Waals surface area (Å²) in [5, 5.41) is 3.06. The number of benzene rings is 2. The van der Waals surface area contributed by atoms with Crippen LogP contribution in [0, 0.1) is 6.92 Å². The Bertz CT molecular complexity index is 1110. The van der Waals surface area contributed by atoms with Gasteiger partial charge in [-0.25, -0.2) is 4.79 Å². The molecule has 2 fully saturated rings. The number of imide groups is 1. The van der Waals surface area contributed by atoms with E-state index >= 15 is 0 Å². The molecule has 0 bridgehead atoms. The number of nitrogens with one attached hydrogen (secondary N) is 1. The second kappa shape index (κ2) is 9.84. The molecule has 0 unspecified atom stereocenters. The first-order valence-electron chi connectivity index (χ1n) is 12.8. The third kappa shape index (κ3) is 4.58. The highest BCUT2D eigenvalue weighted by Crippen LogP contribution is 2.43. The van der Waals surface area contributed by atoms with E-state index in [0.29, 0.717) is 12.8 Å². The van der Waals surface area contributed by atoms with Crippen molar-refractivity contribution >= 4 is 29.2 Å². The second-order valence-corrected chi connectivity index (χ2v) is 10.6.